The van der Waals surface area contributed by atoms with Gasteiger partial charge in [-0.2, -0.15) is 0 Å². The van der Waals surface area contributed by atoms with Crippen molar-refractivity contribution in [3.8, 4) is 0 Å². The predicted molar refractivity (Wildman–Crippen MR) is 88.2 cm³/mol. The molecule has 1 aromatic rings. The van der Waals surface area contributed by atoms with Gasteiger partial charge < -0.3 is 14.8 Å². The molecule has 6 heteroatoms. The second-order valence-electron chi connectivity index (χ2n) is 6.59. The summed E-state index contributed by atoms with van der Waals surface area (Å²) >= 11 is 0. The summed E-state index contributed by atoms with van der Waals surface area (Å²) in [6, 6.07) is 3.00. The second kappa shape index (κ2) is 7.44. The first kappa shape index (κ1) is 17.2. The Labute approximate surface area is 136 Å². The second-order valence-corrected chi connectivity index (χ2v) is 6.59. The van der Waals surface area contributed by atoms with Gasteiger partial charge in [-0.3, -0.25) is 14.4 Å². The van der Waals surface area contributed by atoms with E-state index < -0.39 is 0 Å². The number of aromatic nitrogens is 1. The van der Waals surface area contributed by atoms with Crippen molar-refractivity contribution in [3.05, 3.63) is 34.2 Å². The predicted octanol–water partition coefficient (Wildman–Crippen LogP) is 1.15. The molecule has 1 aromatic heterocycles. The van der Waals surface area contributed by atoms with Crippen molar-refractivity contribution in [2.24, 2.45) is 13.0 Å². The lowest BCUT2D eigenvalue weighted by Crippen LogP contribution is -2.46. The lowest BCUT2D eigenvalue weighted by molar-refractivity contribution is -0.133. The third-order valence-electron chi connectivity index (χ3n) is 4.11. The monoisotopic (exact) mass is 319 g/mol. The fourth-order valence-electron chi connectivity index (χ4n) is 2.75. The minimum absolute atomic E-state index is 0.0721. The lowest BCUT2D eigenvalue weighted by atomic mass is 10.0. The van der Waals surface area contributed by atoms with Crippen LogP contribution in [0.2, 0.25) is 0 Å². The molecule has 23 heavy (non-hydrogen) atoms. The third-order valence-corrected chi connectivity index (χ3v) is 4.11. The molecule has 0 bridgehead atoms. The van der Waals surface area contributed by atoms with Crippen molar-refractivity contribution in [1.82, 2.24) is 14.8 Å². The number of aryl methyl sites for hydroxylation is 1. The molecule has 1 N–H and O–H groups in total. The maximum atomic E-state index is 12.2. The van der Waals surface area contributed by atoms with Crippen LogP contribution in [0.3, 0.4) is 0 Å². The van der Waals surface area contributed by atoms with E-state index in [0.29, 0.717) is 31.0 Å². The van der Waals surface area contributed by atoms with Crippen molar-refractivity contribution in [2.75, 3.05) is 13.1 Å². The van der Waals surface area contributed by atoms with Gasteiger partial charge in [-0.25, -0.2) is 0 Å². The molecule has 1 fully saturated rings. The average molecular weight is 319 g/mol. The number of nitrogens with zero attached hydrogens (tertiary/aromatic N) is 2. The van der Waals surface area contributed by atoms with Crippen LogP contribution >= 0.6 is 0 Å². The molecule has 1 saturated heterocycles. The molecule has 2 amide bonds. The summed E-state index contributed by atoms with van der Waals surface area (Å²) < 4.78 is 1.39. The number of likely N-dealkylation sites (tertiary alicyclic amines) is 1. The standard InChI is InChI=1S/C17H25N3O3/c1-12(2)10-16(22)20-8-6-14(7-9-20)18-17(23)13-4-5-15(21)19(3)11-13/h4-5,11-12,14H,6-10H2,1-3H3,(H,18,23). The molecule has 0 aromatic carbocycles. The summed E-state index contributed by atoms with van der Waals surface area (Å²) in [5, 5.41) is 2.99. The summed E-state index contributed by atoms with van der Waals surface area (Å²) in [4.78, 5) is 37.5. The quantitative estimate of drug-likeness (QED) is 0.905. The van der Waals surface area contributed by atoms with Gasteiger partial charge in [0.1, 0.15) is 0 Å². The number of rotatable bonds is 4. The maximum absolute atomic E-state index is 12.2. The molecule has 0 spiro atoms. The van der Waals surface area contributed by atoms with E-state index in [1.807, 2.05) is 18.7 Å². The summed E-state index contributed by atoms with van der Waals surface area (Å²) in [5.41, 5.74) is 0.337. The number of amides is 2. The molecule has 0 radical (unpaired) electrons. The molecular weight excluding hydrogens is 294 g/mol. The highest BCUT2D eigenvalue weighted by Gasteiger charge is 2.24. The Morgan fingerprint density at radius 2 is 1.91 bits per heavy atom. The molecule has 2 heterocycles. The molecule has 0 aliphatic carbocycles. The highest BCUT2D eigenvalue weighted by atomic mass is 16.2. The normalized spacial score (nSPS) is 15.7. The molecule has 1 aliphatic heterocycles. The van der Waals surface area contributed by atoms with Crippen molar-refractivity contribution >= 4 is 11.8 Å². The molecule has 0 saturated carbocycles. The first-order valence-corrected chi connectivity index (χ1v) is 8.12. The van der Waals surface area contributed by atoms with Crippen molar-refractivity contribution < 1.29 is 9.59 Å². The van der Waals surface area contributed by atoms with E-state index in [0.717, 1.165) is 12.8 Å². The maximum Gasteiger partial charge on any atom is 0.252 e. The number of piperidine rings is 1. The first-order chi connectivity index (χ1) is 10.9. The summed E-state index contributed by atoms with van der Waals surface area (Å²) in [6.45, 7) is 5.45. The summed E-state index contributed by atoms with van der Waals surface area (Å²) in [6.07, 6.45) is 3.65. The summed E-state index contributed by atoms with van der Waals surface area (Å²) in [5.74, 6) is 0.389. The highest BCUT2D eigenvalue weighted by molar-refractivity contribution is 5.94. The minimum atomic E-state index is -0.174. The van der Waals surface area contributed by atoms with Crippen LogP contribution in [0.25, 0.3) is 0 Å². The Bertz CT molecular complexity index is 628. The van der Waals surface area contributed by atoms with E-state index in [2.05, 4.69) is 5.32 Å². The molecular formula is C17H25N3O3. The van der Waals surface area contributed by atoms with E-state index in [1.54, 1.807) is 19.3 Å². The highest BCUT2D eigenvalue weighted by Crippen LogP contribution is 2.14. The third kappa shape index (κ3) is 4.68. The fraction of sp³-hybridized carbons (Fsp3) is 0.588. The van der Waals surface area contributed by atoms with Gasteiger partial charge in [0.2, 0.25) is 11.5 Å². The van der Waals surface area contributed by atoms with Gasteiger partial charge in [0.05, 0.1) is 5.56 Å². The fourth-order valence-corrected chi connectivity index (χ4v) is 2.75. The van der Waals surface area contributed by atoms with Gasteiger partial charge in [0.15, 0.2) is 0 Å². The average Bonchev–Trinajstić information content (AvgIpc) is 2.50. The Balaban J connectivity index is 1.86. The van der Waals surface area contributed by atoms with Crippen LogP contribution in [0.15, 0.2) is 23.1 Å². The van der Waals surface area contributed by atoms with E-state index in [1.165, 1.54) is 10.6 Å². The number of hydrogen-bond donors (Lipinski definition) is 1. The van der Waals surface area contributed by atoms with Gasteiger partial charge in [-0.05, 0) is 24.8 Å². The van der Waals surface area contributed by atoms with Crippen LogP contribution in [0.4, 0.5) is 0 Å². The van der Waals surface area contributed by atoms with Gasteiger partial charge in [0, 0.05) is 44.9 Å². The van der Waals surface area contributed by atoms with Gasteiger partial charge in [-0.1, -0.05) is 13.8 Å². The molecule has 0 atom stereocenters. The van der Waals surface area contributed by atoms with Crippen LogP contribution in [-0.2, 0) is 11.8 Å². The zero-order valence-corrected chi connectivity index (χ0v) is 14.0. The van der Waals surface area contributed by atoms with Gasteiger partial charge >= 0.3 is 0 Å². The molecule has 0 unspecified atom stereocenters. The zero-order valence-electron chi connectivity index (χ0n) is 14.0. The number of carbonyl (C=O) groups excluding carboxylic acids is 2. The van der Waals surface area contributed by atoms with Crippen molar-refractivity contribution in [2.45, 2.75) is 39.2 Å². The largest absolute Gasteiger partial charge is 0.349 e. The Morgan fingerprint density at radius 1 is 1.26 bits per heavy atom. The zero-order chi connectivity index (χ0) is 17.0. The van der Waals surface area contributed by atoms with Crippen LogP contribution in [0, 0.1) is 5.92 Å². The van der Waals surface area contributed by atoms with E-state index in [9.17, 15) is 14.4 Å². The van der Waals surface area contributed by atoms with Crippen LogP contribution < -0.4 is 10.9 Å². The molecule has 126 valence electrons. The number of pyridine rings is 1. The van der Waals surface area contributed by atoms with E-state index in [4.69, 9.17) is 0 Å². The van der Waals surface area contributed by atoms with E-state index in [-0.39, 0.29) is 23.4 Å². The van der Waals surface area contributed by atoms with Crippen LogP contribution in [-0.4, -0.2) is 40.4 Å². The smallest absolute Gasteiger partial charge is 0.252 e. The Hall–Kier alpha value is -2.11. The number of carbonyl (C=O) groups is 2. The molecule has 1 aliphatic rings. The topological polar surface area (TPSA) is 71.4 Å². The minimum Gasteiger partial charge on any atom is -0.349 e. The Kier molecular flexibility index (Phi) is 5.58. The Morgan fingerprint density at radius 3 is 2.48 bits per heavy atom. The van der Waals surface area contributed by atoms with Crippen LogP contribution in [0.5, 0.6) is 0 Å². The number of hydrogen-bond acceptors (Lipinski definition) is 3. The van der Waals surface area contributed by atoms with Crippen LogP contribution in [0.1, 0.15) is 43.5 Å². The van der Waals surface area contributed by atoms with Gasteiger partial charge in [-0.15, -0.1) is 0 Å². The lowest BCUT2D eigenvalue weighted by Gasteiger charge is -2.32. The first-order valence-electron chi connectivity index (χ1n) is 8.12. The van der Waals surface area contributed by atoms with Gasteiger partial charge in [0.25, 0.3) is 5.91 Å². The van der Waals surface area contributed by atoms with Crippen molar-refractivity contribution in [1.29, 1.82) is 0 Å². The van der Waals surface area contributed by atoms with Crippen molar-refractivity contribution in [3.63, 3.8) is 0 Å². The summed E-state index contributed by atoms with van der Waals surface area (Å²) in [7, 11) is 1.62. The molecule has 2 rings (SSSR count). The van der Waals surface area contributed by atoms with E-state index >= 15 is 0 Å². The number of nitrogens with one attached hydrogen (secondary N) is 1. The SMILES string of the molecule is CC(C)CC(=O)N1CCC(NC(=O)c2ccc(=O)n(C)c2)CC1. The molecule has 6 nitrogen and oxygen atoms in total.